The van der Waals surface area contributed by atoms with E-state index in [1.807, 2.05) is 11.5 Å². The highest BCUT2D eigenvalue weighted by atomic mass is 16.6. The summed E-state index contributed by atoms with van der Waals surface area (Å²) in [6, 6.07) is 6.59. The summed E-state index contributed by atoms with van der Waals surface area (Å²) in [7, 11) is 0. The van der Waals surface area contributed by atoms with Crippen LogP contribution >= 0.6 is 0 Å². The second-order valence-electron chi connectivity index (χ2n) is 6.59. The van der Waals surface area contributed by atoms with Gasteiger partial charge in [-0.15, -0.1) is 0 Å². The van der Waals surface area contributed by atoms with E-state index < -0.39 is 4.92 Å². The van der Waals surface area contributed by atoms with Crippen LogP contribution in [0, 0.1) is 10.1 Å². The molecule has 2 aromatic heterocycles. The summed E-state index contributed by atoms with van der Waals surface area (Å²) < 4.78 is 14.0. The molecule has 10 heteroatoms. The van der Waals surface area contributed by atoms with Crippen molar-refractivity contribution >= 4 is 22.7 Å². The van der Waals surface area contributed by atoms with Crippen LogP contribution in [0.3, 0.4) is 0 Å². The molecule has 1 aromatic carbocycles. The van der Waals surface area contributed by atoms with Gasteiger partial charge in [0.25, 0.3) is 5.69 Å². The molecule has 0 aliphatic carbocycles. The highest BCUT2D eigenvalue weighted by molar-refractivity contribution is 5.81. The first-order valence-corrected chi connectivity index (χ1v) is 9.00. The zero-order valence-corrected chi connectivity index (χ0v) is 15.3. The Morgan fingerprint density at radius 2 is 2.18 bits per heavy atom. The Balaban J connectivity index is 1.52. The molecule has 0 saturated carbocycles. The van der Waals surface area contributed by atoms with Crippen molar-refractivity contribution in [3.05, 3.63) is 52.6 Å². The Bertz CT molecular complexity index is 1010. The van der Waals surface area contributed by atoms with E-state index in [0.29, 0.717) is 29.0 Å². The van der Waals surface area contributed by atoms with Gasteiger partial charge in [0.05, 0.1) is 35.6 Å². The van der Waals surface area contributed by atoms with Crippen molar-refractivity contribution in [2.24, 2.45) is 0 Å². The van der Waals surface area contributed by atoms with Crippen LogP contribution in [-0.2, 0) is 16.1 Å². The third-order valence-corrected chi connectivity index (χ3v) is 4.92. The second-order valence-corrected chi connectivity index (χ2v) is 6.59. The van der Waals surface area contributed by atoms with Crippen LogP contribution in [-0.4, -0.2) is 36.7 Å². The number of para-hydroxylation sites is 1. The molecule has 0 amide bonds. The lowest BCUT2D eigenvalue weighted by atomic mass is 10.1. The lowest BCUT2D eigenvalue weighted by Crippen LogP contribution is -2.23. The minimum atomic E-state index is -0.397. The predicted octanol–water partition coefficient (Wildman–Crippen LogP) is 2.60. The molecule has 1 fully saturated rings. The lowest BCUT2D eigenvalue weighted by molar-refractivity contribution is -0.386. The second kappa shape index (κ2) is 7.49. The first-order chi connectivity index (χ1) is 13.6. The van der Waals surface area contributed by atoms with Crippen LogP contribution < -0.4 is 5.73 Å². The predicted molar refractivity (Wildman–Crippen MR) is 100 cm³/mol. The molecule has 28 heavy (non-hydrogen) atoms. The summed E-state index contributed by atoms with van der Waals surface area (Å²) in [4.78, 5) is 23.3. The molecule has 1 aliphatic heterocycles. The van der Waals surface area contributed by atoms with E-state index >= 15 is 0 Å². The van der Waals surface area contributed by atoms with Gasteiger partial charge in [0.1, 0.15) is 18.1 Å². The maximum absolute atomic E-state index is 11.2. The van der Waals surface area contributed by atoms with E-state index in [1.165, 1.54) is 12.4 Å². The minimum absolute atomic E-state index is 0.0544. The number of hydrogen-bond acceptors (Lipinski definition) is 8. The molecular formula is C18H20N6O4. The van der Waals surface area contributed by atoms with Crippen LogP contribution in [0.5, 0.6) is 0 Å². The number of rotatable bonds is 6. The molecule has 1 unspecified atom stereocenters. The van der Waals surface area contributed by atoms with Gasteiger partial charge in [0.2, 0.25) is 0 Å². The minimum Gasteiger partial charge on any atom is -0.382 e. The van der Waals surface area contributed by atoms with Crippen LogP contribution in [0.1, 0.15) is 31.6 Å². The molecule has 3 aromatic rings. The van der Waals surface area contributed by atoms with Gasteiger partial charge in [-0.2, -0.15) is 0 Å². The lowest BCUT2D eigenvalue weighted by Gasteiger charge is -2.17. The van der Waals surface area contributed by atoms with Gasteiger partial charge >= 0.3 is 0 Å². The summed E-state index contributed by atoms with van der Waals surface area (Å²) in [5.41, 5.74) is 7.58. The molecule has 3 atom stereocenters. The first kappa shape index (κ1) is 18.3. The summed E-state index contributed by atoms with van der Waals surface area (Å²) in [6.45, 7) is 2.16. The van der Waals surface area contributed by atoms with Gasteiger partial charge in [-0.25, -0.2) is 15.0 Å². The van der Waals surface area contributed by atoms with Crippen molar-refractivity contribution < 1.29 is 14.4 Å². The maximum Gasteiger partial charge on any atom is 0.274 e. The monoisotopic (exact) mass is 384 g/mol. The van der Waals surface area contributed by atoms with Crippen LogP contribution in [0.4, 0.5) is 11.5 Å². The molecule has 0 bridgehead atoms. The third kappa shape index (κ3) is 3.27. The smallest absolute Gasteiger partial charge is 0.274 e. The van der Waals surface area contributed by atoms with Crippen LogP contribution in [0.25, 0.3) is 11.2 Å². The number of nitro benzene ring substituents is 1. The number of anilines is 1. The molecule has 3 heterocycles. The normalized spacial score (nSPS) is 22.0. The number of benzene rings is 1. The van der Waals surface area contributed by atoms with Gasteiger partial charge in [-0.1, -0.05) is 19.1 Å². The van der Waals surface area contributed by atoms with Crippen LogP contribution in [0.15, 0.2) is 36.9 Å². The Labute approximate surface area is 160 Å². The van der Waals surface area contributed by atoms with Crippen LogP contribution in [0.2, 0.25) is 0 Å². The van der Waals surface area contributed by atoms with Crippen molar-refractivity contribution in [2.45, 2.75) is 44.8 Å². The summed E-state index contributed by atoms with van der Waals surface area (Å²) in [6.07, 6.45) is 3.72. The number of aromatic nitrogens is 4. The number of nitrogens with zero attached hydrogens (tertiary/aromatic N) is 5. The van der Waals surface area contributed by atoms with Gasteiger partial charge < -0.3 is 15.2 Å². The number of nitrogen functional groups attached to an aromatic ring is 1. The molecule has 0 radical (unpaired) electrons. The number of nitro groups is 1. The van der Waals surface area contributed by atoms with E-state index in [2.05, 4.69) is 15.0 Å². The maximum atomic E-state index is 11.2. The highest BCUT2D eigenvalue weighted by Gasteiger charge is 2.37. The van der Waals surface area contributed by atoms with E-state index in [4.69, 9.17) is 15.2 Å². The molecule has 1 aliphatic rings. The Kier molecular flexibility index (Phi) is 4.88. The average Bonchev–Trinajstić information content (AvgIpc) is 3.31. The number of nitrogens with two attached hydrogens (primary N) is 1. The van der Waals surface area contributed by atoms with Crippen molar-refractivity contribution in [1.29, 1.82) is 0 Å². The molecule has 0 spiro atoms. The van der Waals surface area contributed by atoms with E-state index in [-0.39, 0.29) is 30.7 Å². The van der Waals surface area contributed by atoms with Gasteiger partial charge in [-0.05, 0) is 12.5 Å². The Hall–Kier alpha value is -3.11. The number of fused-ring (bicyclic) bond motifs is 1. The quantitative estimate of drug-likeness (QED) is 0.507. The average molecular weight is 384 g/mol. The largest absolute Gasteiger partial charge is 0.382 e. The van der Waals surface area contributed by atoms with E-state index in [9.17, 15) is 10.1 Å². The van der Waals surface area contributed by atoms with Gasteiger partial charge in [-0.3, -0.25) is 14.7 Å². The summed E-state index contributed by atoms with van der Waals surface area (Å²) >= 11 is 0. The molecule has 2 N–H and O–H groups in total. The molecular weight excluding hydrogens is 364 g/mol. The van der Waals surface area contributed by atoms with E-state index in [1.54, 1.807) is 24.5 Å². The fourth-order valence-corrected chi connectivity index (χ4v) is 3.50. The summed E-state index contributed by atoms with van der Waals surface area (Å²) in [5, 5.41) is 11.2. The fraction of sp³-hybridized carbons (Fsp3) is 0.389. The third-order valence-electron chi connectivity index (χ3n) is 4.92. The highest BCUT2D eigenvalue weighted by Crippen LogP contribution is 2.35. The molecule has 4 rings (SSSR count). The van der Waals surface area contributed by atoms with E-state index in [0.717, 1.165) is 6.42 Å². The molecule has 1 saturated heterocycles. The molecule has 10 nitrogen and oxygen atoms in total. The SMILES string of the molecule is CCC1O[C@@H](n2cnc3c(N)ncnc32)C[C@H]1OCc1ccccc1[N+](=O)[O-]. The topological polar surface area (TPSA) is 131 Å². The van der Waals surface area contributed by atoms with Gasteiger partial charge in [0, 0.05) is 12.5 Å². The number of hydrogen-bond donors (Lipinski definition) is 1. The van der Waals surface area contributed by atoms with Crippen molar-refractivity contribution in [3.8, 4) is 0 Å². The van der Waals surface area contributed by atoms with Crippen molar-refractivity contribution in [1.82, 2.24) is 19.5 Å². The Morgan fingerprint density at radius 3 is 2.96 bits per heavy atom. The summed E-state index contributed by atoms with van der Waals surface area (Å²) in [5.74, 6) is 0.318. The van der Waals surface area contributed by atoms with Crippen molar-refractivity contribution in [2.75, 3.05) is 5.73 Å². The fourth-order valence-electron chi connectivity index (χ4n) is 3.50. The zero-order chi connectivity index (χ0) is 19.7. The molecule has 146 valence electrons. The zero-order valence-electron chi connectivity index (χ0n) is 15.3. The number of imidazole rings is 1. The van der Waals surface area contributed by atoms with Gasteiger partial charge in [0.15, 0.2) is 11.5 Å². The number of ether oxygens (including phenoxy) is 2. The van der Waals surface area contributed by atoms with Crippen molar-refractivity contribution in [3.63, 3.8) is 0 Å². The Morgan fingerprint density at radius 1 is 1.36 bits per heavy atom. The standard InChI is InChI=1S/C18H20N6O4/c1-2-13-14(27-8-11-5-3-4-6-12(11)24(25)26)7-15(28-13)23-10-22-16-17(19)20-9-21-18(16)23/h3-6,9-10,13-15H,2,7-8H2,1H3,(H2,19,20,21)/t13?,14-,15-/m1/s1. The first-order valence-electron chi connectivity index (χ1n) is 9.00.